The van der Waals surface area contributed by atoms with Gasteiger partial charge < -0.3 is 14.8 Å². The molecule has 0 radical (unpaired) electrons. The van der Waals surface area contributed by atoms with E-state index in [4.69, 9.17) is 0 Å². The zero-order chi connectivity index (χ0) is 24.9. The minimum absolute atomic E-state index is 0.0151. The lowest BCUT2D eigenvalue weighted by atomic mass is 9.94. The lowest BCUT2D eigenvalue weighted by Crippen LogP contribution is -2.48. The van der Waals surface area contributed by atoms with Crippen LogP contribution in [0.4, 0.5) is 0 Å². The molecule has 0 aliphatic heterocycles. The fourth-order valence-electron chi connectivity index (χ4n) is 4.20. The predicted molar refractivity (Wildman–Crippen MR) is 139 cm³/mol. The molecule has 0 spiro atoms. The third kappa shape index (κ3) is 6.72. The van der Waals surface area contributed by atoms with Gasteiger partial charge in [-0.1, -0.05) is 82.6 Å². The van der Waals surface area contributed by atoms with Gasteiger partial charge in [-0.15, -0.1) is 0 Å². The SMILES string of the molecule is Cc1ccc(CN(CCc2c[nH]c3ccccc23)C(=O)CN(CC(C)C)C(=O)C(C)(C)C)cc1. The first-order valence-corrected chi connectivity index (χ1v) is 12.2. The monoisotopic (exact) mass is 461 g/mol. The molecule has 0 unspecified atom stereocenters. The molecule has 1 N–H and O–H groups in total. The number of H-pyrrole nitrogens is 1. The number of para-hydroxylation sites is 1. The summed E-state index contributed by atoms with van der Waals surface area (Å²) in [6.45, 7) is 13.7. The first-order chi connectivity index (χ1) is 16.0. The van der Waals surface area contributed by atoms with Crippen LogP contribution in [0.5, 0.6) is 0 Å². The molecule has 1 aromatic heterocycles. The number of carbonyl (C=O) groups excluding carboxylic acids is 2. The number of nitrogens with zero attached hydrogens (tertiary/aromatic N) is 2. The van der Waals surface area contributed by atoms with Crippen molar-refractivity contribution in [3.05, 3.63) is 71.4 Å². The van der Waals surface area contributed by atoms with Crippen LogP contribution in [0, 0.1) is 18.3 Å². The quantitative estimate of drug-likeness (QED) is 0.452. The minimum Gasteiger partial charge on any atom is -0.361 e. The summed E-state index contributed by atoms with van der Waals surface area (Å²) in [6.07, 6.45) is 2.78. The van der Waals surface area contributed by atoms with Crippen molar-refractivity contribution >= 4 is 22.7 Å². The van der Waals surface area contributed by atoms with E-state index >= 15 is 0 Å². The third-order valence-electron chi connectivity index (χ3n) is 6.01. The summed E-state index contributed by atoms with van der Waals surface area (Å²) in [7, 11) is 0. The summed E-state index contributed by atoms with van der Waals surface area (Å²) in [5, 5.41) is 1.19. The second kappa shape index (κ2) is 10.9. The van der Waals surface area contributed by atoms with Crippen LogP contribution in [-0.2, 0) is 22.6 Å². The summed E-state index contributed by atoms with van der Waals surface area (Å²) < 4.78 is 0. The Morgan fingerprint density at radius 1 is 0.971 bits per heavy atom. The van der Waals surface area contributed by atoms with Crippen molar-refractivity contribution in [1.29, 1.82) is 0 Å². The first kappa shape index (κ1) is 25.5. The molecule has 2 aromatic carbocycles. The van der Waals surface area contributed by atoms with Gasteiger partial charge in [0.05, 0.1) is 6.54 Å². The van der Waals surface area contributed by atoms with E-state index in [0.717, 1.165) is 17.5 Å². The number of nitrogens with one attached hydrogen (secondary N) is 1. The first-order valence-electron chi connectivity index (χ1n) is 12.2. The Hall–Kier alpha value is -3.08. The number of carbonyl (C=O) groups is 2. The van der Waals surface area contributed by atoms with Gasteiger partial charge in [0.15, 0.2) is 0 Å². The Morgan fingerprint density at radius 3 is 2.29 bits per heavy atom. The van der Waals surface area contributed by atoms with Gasteiger partial charge in [0.25, 0.3) is 0 Å². The molecular formula is C29H39N3O2. The molecule has 0 aliphatic carbocycles. The van der Waals surface area contributed by atoms with E-state index in [0.29, 0.717) is 19.6 Å². The van der Waals surface area contributed by atoms with Gasteiger partial charge in [0, 0.05) is 42.1 Å². The van der Waals surface area contributed by atoms with Crippen LogP contribution in [-0.4, -0.2) is 46.2 Å². The molecule has 1 heterocycles. The summed E-state index contributed by atoms with van der Waals surface area (Å²) in [6, 6.07) is 16.5. The van der Waals surface area contributed by atoms with E-state index < -0.39 is 5.41 Å². The molecule has 5 nitrogen and oxygen atoms in total. The highest BCUT2D eigenvalue weighted by atomic mass is 16.2. The van der Waals surface area contributed by atoms with Crippen LogP contribution in [0.1, 0.15) is 51.3 Å². The lowest BCUT2D eigenvalue weighted by Gasteiger charge is -2.32. The van der Waals surface area contributed by atoms with Gasteiger partial charge in [-0.3, -0.25) is 9.59 Å². The number of fused-ring (bicyclic) bond motifs is 1. The number of hydrogen-bond donors (Lipinski definition) is 1. The van der Waals surface area contributed by atoms with E-state index in [2.05, 4.69) is 62.2 Å². The average Bonchev–Trinajstić information content (AvgIpc) is 3.19. The van der Waals surface area contributed by atoms with Crippen molar-refractivity contribution in [2.45, 2.75) is 54.5 Å². The van der Waals surface area contributed by atoms with Crippen molar-refractivity contribution in [2.24, 2.45) is 11.3 Å². The molecule has 0 aliphatic rings. The fraction of sp³-hybridized carbons (Fsp3) is 0.448. The van der Waals surface area contributed by atoms with E-state index in [1.54, 1.807) is 4.90 Å². The fourth-order valence-corrected chi connectivity index (χ4v) is 4.20. The van der Waals surface area contributed by atoms with Gasteiger partial charge in [-0.05, 0) is 36.5 Å². The minimum atomic E-state index is -0.527. The maximum Gasteiger partial charge on any atom is 0.242 e. The Kier molecular flexibility index (Phi) is 8.19. The van der Waals surface area contributed by atoms with Crippen molar-refractivity contribution in [3.8, 4) is 0 Å². The molecule has 0 bridgehead atoms. The van der Waals surface area contributed by atoms with Crippen LogP contribution in [0.2, 0.25) is 0 Å². The Bertz CT molecular complexity index is 1110. The normalized spacial score (nSPS) is 11.7. The van der Waals surface area contributed by atoms with Crippen LogP contribution in [0.15, 0.2) is 54.7 Å². The average molecular weight is 462 g/mol. The molecule has 34 heavy (non-hydrogen) atoms. The van der Waals surface area contributed by atoms with E-state index in [-0.39, 0.29) is 24.3 Å². The molecular weight excluding hydrogens is 422 g/mol. The van der Waals surface area contributed by atoms with Gasteiger partial charge in [-0.25, -0.2) is 0 Å². The summed E-state index contributed by atoms with van der Waals surface area (Å²) >= 11 is 0. The molecule has 0 saturated heterocycles. The van der Waals surface area contributed by atoms with Crippen LogP contribution in [0.25, 0.3) is 10.9 Å². The molecule has 2 amide bonds. The highest BCUT2D eigenvalue weighted by Crippen LogP contribution is 2.21. The van der Waals surface area contributed by atoms with E-state index in [9.17, 15) is 9.59 Å². The molecule has 0 atom stereocenters. The zero-order valence-corrected chi connectivity index (χ0v) is 21.5. The van der Waals surface area contributed by atoms with Gasteiger partial charge in [0.1, 0.15) is 0 Å². The summed E-state index contributed by atoms with van der Waals surface area (Å²) in [4.78, 5) is 33.6. The summed E-state index contributed by atoms with van der Waals surface area (Å²) in [5.74, 6) is 0.288. The molecule has 5 heteroatoms. The number of aryl methyl sites for hydroxylation is 1. The van der Waals surface area contributed by atoms with Gasteiger partial charge in [-0.2, -0.15) is 0 Å². The zero-order valence-electron chi connectivity index (χ0n) is 21.5. The lowest BCUT2D eigenvalue weighted by molar-refractivity contribution is -0.146. The van der Waals surface area contributed by atoms with Crippen molar-refractivity contribution in [3.63, 3.8) is 0 Å². The Balaban J connectivity index is 1.81. The van der Waals surface area contributed by atoms with Crippen LogP contribution >= 0.6 is 0 Å². The Morgan fingerprint density at radius 2 is 1.65 bits per heavy atom. The smallest absolute Gasteiger partial charge is 0.242 e. The van der Waals surface area contributed by atoms with Crippen molar-refractivity contribution in [1.82, 2.24) is 14.8 Å². The number of rotatable bonds is 9. The standard InChI is InChI=1S/C29H39N3O2/c1-21(2)18-32(28(34)29(4,5)6)20-27(33)31(19-23-13-11-22(3)12-14-23)16-15-24-17-30-26-10-8-7-9-25(24)26/h7-14,17,21,30H,15-16,18-20H2,1-6H3. The van der Waals surface area contributed by atoms with Crippen molar-refractivity contribution < 1.29 is 9.59 Å². The topological polar surface area (TPSA) is 56.4 Å². The second-order valence-corrected chi connectivity index (χ2v) is 10.7. The number of aromatic amines is 1. The number of benzene rings is 2. The predicted octanol–water partition coefficient (Wildman–Crippen LogP) is 5.58. The number of amides is 2. The van der Waals surface area contributed by atoms with Gasteiger partial charge in [0.2, 0.25) is 11.8 Å². The maximum absolute atomic E-state index is 13.6. The van der Waals surface area contributed by atoms with E-state index in [1.807, 2.05) is 44.0 Å². The highest BCUT2D eigenvalue weighted by Gasteiger charge is 2.30. The Labute approximate surface area is 204 Å². The van der Waals surface area contributed by atoms with Crippen LogP contribution in [0.3, 0.4) is 0 Å². The molecule has 3 aromatic rings. The van der Waals surface area contributed by atoms with Crippen LogP contribution < -0.4 is 0 Å². The molecule has 0 fully saturated rings. The largest absolute Gasteiger partial charge is 0.361 e. The molecule has 0 saturated carbocycles. The maximum atomic E-state index is 13.6. The second-order valence-electron chi connectivity index (χ2n) is 10.7. The molecule has 182 valence electrons. The highest BCUT2D eigenvalue weighted by molar-refractivity contribution is 5.87. The van der Waals surface area contributed by atoms with E-state index in [1.165, 1.54) is 16.5 Å². The van der Waals surface area contributed by atoms with Crippen molar-refractivity contribution in [2.75, 3.05) is 19.6 Å². The molecule has 3 rings (SSSR count). The van der Waals surface area contributed by atoms with Gasteiger partial charge >= 0.3 is 0 Å². The number of hydrogen-bond acceptors (Lipinski definition) is 2. The summed E-state index contributed by atoms with van der Waals surface area (Å²) in [5.41, 5.74) is 4.06. The third-order valence-corrected chi connectivity index (χ3v) is 6.01. The number of aromatic nitrogens is 1.